The van der Waals surface area contributed by atoms with Gasteiger partial charge in [0, 0.05) is 65.4 Å². The quantitative estimate of drug-likeness (QED) is 0.545. The van der Waals surface area contributed by atoms with Gasteiger partial charge in [-0.3, -0.25) is 9.67 Å². The summed E-state index contributed by atoms with van der Waals surface area (Å²) in [5.74, 6) is 1.39. The normalized spacial score (nSPS) is 17.0. The van der Waals surface area contributed by atoms with Gasteiger partial charge in [-0.15, -0.1) is 0 Å². The maximum Gasteiger partial charge on any atom is 0.212 e. The van der Waals surface area contributed by atoms with Gasteiger partial charge in [0.2, 0.25) is 5.88 Å². The second kappa shape index (κ2) is 6.60. The molecular formula is C23H21N7O. The van der Waals surface area contributed by atoms with E-state index in [4.69, 9.17) is 14.7 Å². The summed E-state index contributed by atoms with van der Waals surface area (Å²) in [6, 6.07) is 6.13. The number of ether oxygens (including phenoxy) is 1. The van der Waals surface area contributed by atoms with Gasteiger partial charge in [0.05, 0.1) is 25.6 Å². The Labute approximate surface area is 178 Å². The van der Waals surface area contributed by atoms with E-state index < -0.39 is 0 Å². The molecule has 4 aromatic heterocycles. The molecule has 8 nitrogen and oxygen atoms in total. The summed E-state index contributed by atoms with van der Waals surface area (Å²) in [4.78, 5) is 22.0. The molecule has 6 rings (SSSR count). The molecule has 0 unspecified atom stereocenters. The van der Waals surface area contributed by atoms with Crippen molar-refractivity contribution in [1.29, 1.82) is 0 Å². The largest absolute Gasteiger partial charge is 0.481 e. The maximum atomic E-state index is 5.20. The Morgan fingerprint density at radius 3 is 2.71 bits per heavy atom. The van der Waals surface area contributed by atoms with Crippen LogP contribution in [-0.4, -0.2) is 49.9 Å². The first-order valence-corrected chi connectivity index (χ1v) is 10.3. The summed E-state index contributed by atoms with van der Waals surface area (Å²) in [5, 5.41) is 5.28. The number of aromatic nitrogens is 5. The molecule has 1 fully saturated rings. The Balaban J connectivity index is 1.35. The lowest BCUT2D eigenvalue weighted by atomic mass is 9.92. The van der Waals surface area contributed by atoms with Gasteiger partial charge in [-0.2, -0.15) is 5.10 Å². The molecule has 1 aliphatic carbocycles. The van der Waals surface area contributed by atoms with Gasteiger partial charge in [-0.25, -0.2) is 15.0 Å². The number of hydrogen-bond acceptors (Lipinski definition) is 6. The summed E-state index contributed by atoms with van der Waals surface area (Å²) in [5.41, 5.74) is 6.11. The fourth-order valence-electron chi connectivity index (χ4n) is 4.32. The monoisotopic (exact) mass is 411 g/mol. The molecule has 8 heteroatoms. The van der Waals surface area contributed by atoms with Crippen LogP contribution in [0, 0.1) is 0 Å². The molecule has 0 atom stereocenters. The van der Waals surface area contributed by atoms with Crippen molar-refractivity contribution in [2.24, 2.45) is 17.0 Å². The van der Waals surface area contributed by atoms with Gasteiger partial charge in [-0.05, 0) is 24.5 Å². The number of rotatable bonds is 5. The Kier molecular flexibility index (Phi) is 3.83. The third-order valence-corrected chi connectivity index (χ3v) is 6.23. The van der Waals surface area contributed by atoms with Gasteiger partial charge in [0.15, 0.2) is 5.84 Å². The first-order valence-electron chi connectivity index (χ1n) is 10.3. The number of hydrogen-bond donors (Lipinski definition) is 1. The van der Waals surface area contributed by atoms with Crippen LogP contribution in [0.4, 0.5) is 0 Å². The highest BCUT2D eigenvalue weighted by Gasteiger charge is 2.50. The smallest absolute Gasteiger partial charge is 0.212 e. The lowest BCUT2D eigenvalue weighted by molar-refractivity contribution is 0.397. The molecule has 1 N–H and O–H groups in total. The van der Waals surface area contributed by atoms with Gasteiger partial charge in [0.25, 0.3) is 0 Å². The molecule has 0 spiro atoms. The minimum atomic E-state index is -0.0459. The van der Waals surface area contributed by atoms with E-state index in [1.165, 1.54) is 5.56 Å². The van der Waals surface area contributed by atoms with Crippen LogP contribution in [0.25, 0.3) is 22.2 Å². The third-order valence-electron chi connectivity index (χ3n) is 6.23. The number of nitrogens with one attached hydrogen (secondary N) is 1. The number of methoxy groups -OCH3 is 1. The highest BCUT2D eigenvalue weighted by Crippen LogP contribution is 2.50. The fourth-order valence-corrected chi connectivity index (χ4v) is 4.32. The first-order chi connectivity index (χ1) is 15.2. The molecule has 0 amide bonds. The second-order valence-corrected chi connectivity index (χ2v) is 8.09. The number of fused-ring (bicyclic) bond motifs is 1. The van der Waals surface area contributed by atoms with Crippen molar-refractivity contribution >= 4 is 22.6 Å². The Bertz CT molecular complexity index is 1360. The van der Waals surface area contributed by atoms with Crippen molar-refractivity contribution < 1.29 is 4.74 Å². The number of H-pyrrole nitrogens is 1. The van der Waals surface area contributed by atoms with E-state index in [9.17, 15) is 0 Å². The van der Waals surface area contributed by atoms with E-state index >= 15 is 0 Å². The van der Waals surface area contributed by atoms with Crippen LogP contribution in [0.2, 0.25) is 0 Å². The van der Waals surface area contributed by atoms with Crippen LogP contribution in [-0.2, 0) is 12.5 Å². The Hall–Kier alpha value is -3.81. The van der Waals surface area contributed by atoms with Crippen LogP contribution in [0.5, 0.6) is 5.88 Å². The van der Waals surface area contributed by atoms with E-state index in [1.54, 1.807) is 11.8 Å². The average Bonchev–Trinajstić information content (AvgIpc) is 3.13. The van der Waals surface area contributed by atoms with E-state index in [0.717, 1.165) is 52.1 Å². The van der Waals surface area contributed by atoms with Crippen LogP contribution in [0.1, 0.15) is 24.0 Å². The number of pyridine rings is 2. The molecular weight excluding hydrogens is 390 g/mol. The van der Waals surface area contributed by atoms with E-state index in [1.807, 2.05) is 44.1 Å². The van der Waals surface area contributed by atoms with Crippen molar-refractivity contribution in [1.82, 2.24) is 24.7 Å². The molecule has 1 aliphatic heterocycles. The van der Waals surface area contributed by atoms with Gasteiger partial charge >= 0.3 is 0 Å². The maximum absolute atomic E-state index is 5.20. The van der Waals surface area contributed by atoms with E-state index in [2.05, 4.69) is 32.2 Å². The van der Waals surface area contributed by atoms with Crippen molar-refractivity contribution in [3.05, 3.63) is 60.3 Å². The number of aromatic amines is 1. The molecule has 2 aliphatic rings. The summed E-state index contributed by atoms with van der Waals surface area (Å²) in [6.45, 7) is 0.615. The molecule has 0 bridgehead atoms. The molecule has 154 valence electrons. The molecule has 1 saturated carbocycles. The zero-order valence-corrected chi connectivity index (χ0v) is 17.3. The second-order valence-electron chi connectivity index (χ2n) is 8.09. The minimum Gasteiger partial charge on any atom is -0.481 e. The Morgan fingerprint density at radius 1 is 1.10 bits per heavy atom. The molecule has 31 heavy (non-hydrogen) atoms. The van der Waals surface area contributed by atoms with E-state index in [0.29, 0.717) is 12.4 Å². The standard InChI is InChI=1S/C23H21N7O/c1-30-13-15(9-28-30)14-7-17-18(11-26-21(17)25-8-14)22-27-12-19(29-22)23(5-6-23)16-3-4-20(31-2)24-10-16/h3-4,7-11,13H,5-6,12H2,1-2H3,(H,25,26). The van der Waals surface area contributed by atoms with Crippen LogP contribution < -0.4 is 4.74 Å². The molecule has 4 aromatic rings. The lowest BCUT2D eigenvalue weighted by Gasteiger charge is -2.15. The highest BCUT2D eigenvalue weighted by atomic mass is 16.5. The van der Waals surface area contributed by atoms with Gasteiger partial charge in [-0.1, -0.05) is 6.07 Å². The molecule has 0 aromatic carbocycles. The topological polar surface area (TPSA) is 93.3 Å². The van der Waals surface area contributed by atoms with Crippen LogP contribution in [0.3, 0.4) is 0 Å². The molecule has 0 radical (unpaired) electrons. The molecule has 5 heterocycles. The predicted molar refractivity (Wildman–Crippen MR) is 119 cm³/mol. The first kappa shape index (κ1) is 18.0. The zero-order valence-electron chi connectivity index (χ0n) is 17.3. The number of aryl methyl sites for hydroxylation is 1. The van der Waals surface area contributed by atoms with Crippen molar-refractivity contribution in [3.8, 4) is 17.0 Å². The number of nitrogens with zero attached hydrogens (tertiary/aromatic N) is 6. The highest BCUT2D eigenvalue weighted by molar-refractivity contribution is 6.19. The zero-order chi connectivity index (χ0) is 21.0. The third kappa shape index (κ3) is 2.86. The van der Waals surface area contributed by atoms with E-state index in [-0.39, 0.29) is 5.41 Å². The van der Waals surface area contributed by atoms with Gasteiger partial charge < -0.3 is 9.72 Å². The van der Waals surface area contributed by atoms with Crippen LogP contribution in [0.15, 0.2) is 59.2 Å². The van der Waals surface area contributed by atoms with Crippen molar-refractivity contribution in [2.45, 2.75) is 18.3 Å². The summed E-state index contributed by atoms with van der Waals surface area (Å²) >= 11 is 0. The van der Waals surface area contributed by atoms with Gasteiger partial charge in [0.1, 0.15) is 5.65 Å². The minimum absolute atomic E-state index is 0.0459. The van der Waals surface area contributed by atoms with Crippen molar-refractivity contribution in [3.63, 3.8) is 0 Å². The summed E-state index contributed by atoms with van der Waals surface area (Å²) < 4.78 is 6.99. The molecule has 0 saturated heterocycles. The fraction of sp³-hybridized carbons (Fsp3) is 0.261. The average molecular weight is 411 g/mol. The number of aliphatic imine (C=N–C) groups is 2. The van der Waals surface area contributed by atoms with Crippen LogP contribution >= 0.6 is 0 Å². The van der Waals surface area contributed by atoms with Crippen molar-refractivity contribution in [2.75, 3.05) is 13.7 Å². The Morgan fingerprint density at radius 2 is 2.00 bits per heavy atom. The SMILES string of the molecule is COc1ccc(C2(C3=NC(c4c[nH]c5ncc(-c6cnn(C)c6)cc45)=NC3)CC2)cn1. The summed E-state index contributed by atoms with van der Waals surface area (Å²) in [7, 11) is 3.54. The predicted octanol–water partition coefficient (Wildman–Crippen LogP) is 3.30. The summed E-state index contributed by atoms with van der Waals surface area (Å²) in [6.07, 6.45) is 11.7. The lowest BCUT2D eigenvalue weighted by Crippen LogP contribution is -2.22. The number of amidine groups is 1.